The van der Waals surface area contributed by atoms with Crippen molar-refractivity contribution in [1.82, 2.24) is 10.6 Å². The molecule has 0 aliphatic heterocycles. The highest BCUT2D eigenvalue weighted by Gasteiger charge is 2.31. The number of amides is 2. The lowest BCUT2D eigenvalue weighted by Gasteiger charge is -2.20. The number of hydrogen-bond acceptors (Lipinski definition) is 3. The molecule has 0 fully saturated rings. The van der Waals surface area contributed by atoms with Gasteiger partial charge in [0.2, 0.25) is 0 Å². The Hall–Kier alpha value is -2.48. The van der Waals surface area contributed by atoms with E-state index in [1.807, 2.05) is 0 Å². The van der Waals surface area contributed by atoms with Crippen molar-refractivity contribution in [2.75, 3.05) is 13.7 Å². The summed E-state index contributed by atoms with van der Waals surface area (Å²) in [7, 11) is 1.41. The maximum absolute atomic E-state index is 12.8. The van der Waals surface area contributed by atoms with Crippen LogP contribution in [0.5, 0.6) is 0 Å². The highest BCUT2D eigenvalue weighted by Crippen LogP contribution is 2.30. The van der Waals surface area contributed by atoms with E-state index < -0.39 is 23.8 Å². The first-order valence-electron chi connectivity index (χ1n) is 7.13. The first kappa shape index (κ1) is 17.9. The SMILES string of the molecule is COCC(NC(=O)NCc1ccco1)c1cccc(C(F)(F)F)c1. The van der Waals surface area contributed by atoms with Gasteiger partial charge in [-0.3, -0.25) is 0 Å². The van der Waals surface area contributed by atoms with Crippen LogP contribution in [0.4, 0.5) is 18.0 Å². The largest absolute Gasteiger partial charge is 0.467 e. The minimum Gasteiger partial charge on any atom is -0.467 e. The molecule has 8 heteroatoms. The molecule has 1 unspecified atom stereocenters. The minimum absolute atomic E-state index is 0.0372. The van der Waals surface area contributed by atoms with Crippen molar-refractivity contribution in [1.29, 1.82) is 0 Å². The Labute approximate surface area is 136 Å². The molecule has 2 aromatic rings. The Balaban J connectivity index is 2.04. The van der Waals surface area contributed by atoms with Gasteiger partial charge in [-0.25, -0.2) is 4.79 Å². The van der Waals surface area contributed by atoms with E-state index in [0.717, 1.165) is 12.1 Å². The molecule has 1 heterocycles. The number of nitrogens with one attached hydrogen (secondary N) is 2. The highest BCUT2D eigenvalue weighted by molar-refractivity contribution is 5.74. The summed E-state index contributed by atoms with van der Waals surface area (Å²) in [6, 6.07) is 6.90. The lowest BCUT2D eigenvalue weighted by atomic mass is 10.0. The van der Waals surface area contributed by atoms with Crippen LogP contribution in [0.3, 0.4) is 0 Å². The van der Waals surface area contributed by atoms with Crippen molar-refractivity contribution in [3.05, 3.63) is 59.5 Å². The van der Waals surface area contributed by atoms with Crippen molar-refractivity contribution in [2.24, 2.45) is 0 Å². The van der Waals surface area contributed by atoms with Crippen molar-refractivity contribution in [3.63, 3.8) is 0 Å². The topological polar surface area (TPSA) is 63.5 Å². The maximum atomic E-state index is 12.8. The molecule has 1 aromatic carbocycles. The predicted octanol–water partition coefficient (Wildman–Crippen LogP) is 3.49. The van der Waals surface area contributed by atoms with Gasteiger partial charge in [-0.15, -0.1) is 0 Å². The normalized spacial score (nSPS) is 12.7. The van der Waals surface area contributed by atoms with Crippen molar-refractivity contribution in [3.8, 4) is 0 Å². The van der Waals surface area contributed by atoms with Crippen molar-refractivity contribution >= 4 is 6.03 Å². The number of methoxy groups -OCH3 is 1. The molecular weight excluding hydrogens is 325 g/mol. The lowest BCUT2D eigenvalue weighted by molar-refractivity contribution is -0.137. The summed E-state index contributed by atoms with van der Waals surface area (Å²) in [6.07, 6.45) is -2.97. The highest BCUT2D eigenvalue weighted by atomic mass is 19.4. The van der Waals surface area contributed by atoms with Gasteiger partial charge in [0.1, 0.15) is 5.76 Å². The fraction of sp³-hybridized carbons (Fsp3) is 0.312. The summed E-state index contributed by atoms with van der Waals surface area (Å²) in [4.78, 5) is 11.9. The predicted molar refractivity (Wildman–Crippen MR) is 80.1 cm³/mol. The average molecular weight is 342 g/mol. The molecule has 2 rings (SSSR count). The monoisotopic (exact) mass is 342 g/mol. The van der Waals surface area contributed by atoms with Crippen LogP contribution in [0.15, 0.2) is 47.1 Å². The Kier molecular flexibility index (Phi) is 5.86. The number of ether oxygens (including phenoxy) is 1. The molecule has 0 saturated carbocycles. The molecule has 0 bridgehead atoms. The molecule has 0 spiro atoms. The Morgan fingerprint density at radius 1 is 1.29 bits per heavy atom. The summed E-state index contributed by atoms with van der Waals surface area (Å²) in [5, 5.41) is 5.16. The Morgan fingerprint density at radius 2 is 2.08 bits per heavy atom. The van der Waals surface area contributed by atoms with E-state index in [-0.39, 0.29) is 13.2 Å². The third-order valence-corrected chi connectivity index (χ3v) is 3.26. The van der Waals surface area contributed by atoms with E-state index in [4.69, 9.17) is 9.15 Å². The van der Waals surface area contributed by atoms with Gasteiger partial charge < -0.3 is 19.8 Å². The molecule has 0 aliphatic rings. The number of carbonyl (C=O) groups is 1. The lowest BCUT2D eigenvalue weighted by Crippen LogP contribution is -2.39. The first-order valence-corrected chi connectivity index (χ1v) is 7.13. The van der Waals surface area contributed by atoms with Crippen LogP contribution < -0.4 is 10.6 Å². The standard InChI is InChI=1S/C16H17F3N2O3/c1-23-10-14(11-4-2-5-12(8-11)16(17,18)19)21-15(22)20-9-13-6-3-7-24-13/h2-8,14H,9-10H2,1H3,(H2,20,21,22). The molecule has 2 N–H and O–H groups in total. The second kappa shape index (κ2) is 7.87. The zero-order valence-corrected chi connectivity index (χ0v) is 12.9. The molecule has 1 atom stereocenters. The quantitative estimate of drug-likeness (QED) is 0.845. The van der Waals surface area contributed by atoms with E-state index in [0.29, 0.717) is 11.3 Å². The molecule has 0 saturated heterocycles. The van der Waals surface area contributed by atoms with Gasteiger partial charge in [-0.05, 0) is 29.8 Å². The van der Waals surface area contributed by atoms with Gasteiger partial charge in [-0.1, -0.05) is 12.1 Å². The average Bonchev–Trinajstić information content (AvgIpc) is 3.05. The summed E-state index contributed by atoms with van der Waals surface area (Å²) in [6.45, 7) is 0.205. The van der Waals surface area contributed by atoms with Crippen molar-refractivity contribution in [2.45, 2.75) is 18.8 Å². The number of urea groups is 1. The third kappa shape index (κ3) is 5.02. The Morgan fingerprint density at radius 3 is 2.71 bits per heavy atom. The van der Waals surface area contributed by atoms with E-state index in [2.05, 4.69) is 10.6 Å². The molecule has 1 aromatic heterocycles. The number of rotatable bonds is 6. The van der Waals surface area contributed by atoms with Gasteiger partial charge >= 0.3 is 12.2 Å². The van der Waals surface area contributed by atoms with Crippen LogP contribution in [-0.4, -0.2) is 19.7 Å². The van der Waals surface area contributed by atoms with Crippen LogP contribution in [-0.2, 0) is 17.5 Å². The van der Waals surface area contributed by atoms with Crippen molar-refractivity contribution < 1.29 is 27.1 Å². The maximum Gasteiger partial charge on any atom is 0.416 e. The smallest absolute Gasteiger partial charge is 0.416 e. The second-order valence-electron chi connectivity index (χ2n) is 5.04. The van der Waals surface area contributed by atoms with Crippen LogP contribution in [0.1, 0.15) is 22.9 Å². The minimum atomic E-state index is -4.45. The molecule has 2 amide bonds. The van der Waals surface area contributed by atoms with Gasteiger partial charge in [-0.2, -0.15) is 13.2 Å². The fourth-order valence-electron chi connectivity index (χ4n) is 2.11. The molecule has 24 heavy (non-hydrogen) atoms. The third-order valence-electron chi connectivity index (χ3n) is 3.26. The number of hydrogen-bond donors (Lipinski definition) is 2. The number of carbonyl (C=O) groups excluding carboxylic acids is 1. The second-order valence-corrected chi connectivity index (χ2v) is 5.04. The van der Waals surface area contributed by atoms with Crippen LogP contribution in [0.2, 0.25) is 0 Å². The van der Waals surface area contributed by atoms with Crippen LogP contribution >= 0.6 is 0 Å². The van der Waals surface area contributed by atoms with Gasteiger partial charge in [0.05, 0.1) is 31.0 Å². The zero-order valence-electron chi connectivity index (χ0n) is 12.9. The molecule has 5 nitrogen and oxygen atoms in total. The number of benzene rings is 1. The number of alkyl halides is 3. The van der Waals surface area contributed by atoms with Crippen LogP contribution in [0.25, 0.3) is 0 Å². The molecule has 130 valence electrons. The molecular formula is C16H17F3N2O3. The van der Waals surface area contributed by atoms with E-state index in [1.54, 1.807) is 12.1 Å². The van der Waals surface area contributed by atoms with Gasteiger partial charge in [0.25, 0.3) is 0 Å². The number of furan rings is 1. The summed E-state index contributed by atoms with van der Waals surface area (Å²) in [5.74, 6) is 0.563. The summed E-state index contributed by atoms with van der Waals surface area (Å²) < 4.78 is 48.5. The molecule has 0 aliphatic carbocycles. The zero-order chi connectivity index (χ0) is 17.6. The first-order chi connectivity index (χ1) is 11.4. The van der Waals surface area contributed by atoms with E-state index >= 15 is 0 Å². The van der Waals surface area contributed by atoms with E-state index in [1.165, 1.54) is 25.5 Å². The molecule has 0 radical (unpaired) electrons. The Bertz CT molecular complexity index is 657. The van der Waals surface area contributed by atoms with Gasteiger partial charge in [0, 0.05) is 7.11 Å². The number of halogens is 3. The van der Waals surface area contributed by atoms with Gasteiger partial charge in [0.15, 0.2) is 0 Å². The fourth-order valence-corrected chi connectivity index (χ4v) is 2.11. The summed E-state index contributed by atoms with van der Waals surface area (Å²) in [5.41, 5.74) is -0.473. The van der Waals surface area contributed by atoms with Crippen LogP contribution in [0, 0.1) is 0 Å². The summed E-state index contributed by atoms with van der Waals surface area (Å²) >= 11 is 0. The van der Waals surface area contributed by atoms with E-state index in [9.17, 15) is 18.0 Å².